The first kappa shape index (κ1) is 69.5. The van der Waals surface area contributed by atoms with Crippen LogP contribution in [-0.4, -0.2) is 145 Å². The largest absolute Gasteiger partial charge is 0.508 e. The molecule has 19 nitrogen and oxygen atoms in total. The normalized spacial score (nSPS) is 15.4. The summed E-state index contributed by atoms with van der Waals surface area (Å²) in [5, 5.41) is 26.1. The summed E-state index contributed by atoms with van der Waals surface area (Å²) in [5.41, 5.74) is 10.3. The number of hydrogen-bond acceptors (Lipinski definition) is 15. The molecule has 1 aliphatic heterocycles. The summed E-state index contributed by atoms with van der Waals surface area (Å²) in [7, 11) is 0. The lowest BCUT2D eigenvalue weighted by Crippen LogP contribution is -2.43. The molecule has 0 spiro atoms. The van der Waals surface area contributed by atoms with Gasteiger partial charge in [-0.3, -0.25) is 43.2 Å². The number of unbranched alkanes of at least 4 members (excludes halogenated alkanes) is 2. The predicted molar refractivity (Wildman–Crippen MR) is 331 cm³/mol. The molecule has 3 aromatic carbocycles. The number of likely N-dealkylation sites (tertiary alicyclic amines) is 1. The molecule has 6 rings (SSSR count). The van der Waals surface area contributed by atoms with Gasteiger partial charge in [0.05, 0.1) is 31.4 Å². The van der Waals surface area contributed by atoms with Crippen LogP contribution >= 0.6 is 0 Å². The van der Waals surface area contributed by atoms with Gasteiger partial charge in [0.2, 0.25) is 11.8 Å². The van der Waals surface area contributed by atoms with Gasteiger partial charge in [-0.25, -0.2) is 4.79 Å². The lowest BCUT2D eigenvalue weighted by Gasteiger charge is -2.27. The third kappa shape index (κ3) is 21.6. The van der Waals surface area contributed by atoms with Gasteiger partial charge in [-0.15, -0.1) is 0 Å². The minimum Gasteiger partial charge on any atom is -0.508 e. The SMILES string of the molecule is CCCCC(CC(=O)CCC(=O)C(CC(=O)C1CCCN1C(=O)COCCOCCNC(=O)c1ccc(C2=C3C=CC(=O)C=C3Cc3cc(O)ccc32)c(C(=O)O)c1)Cc1ccccc1)C(=O)CC(CCCCN)C(=O)CCC(=O)NCCCOCCC. The van der Waals surface area contributed by atoms with Gasteiger partial charge in [0.15, 0.2) is 11.6 Å². The number of phenols is 1. The minimum atomic E-state index is -1.26. The van der Waals surface area contributed by atoms with Crippen LogP contribution in [0.4, 0.5) is 0 Å². The number of carbonyl (C=O) groups is 10. The Morgan fingerprint density at radius 3 is 2.18 bits per heavy atom. The first-order chi connectivity index (χ1) is 42.5. The van der Waals surface area contributed by atoms with Gasteiger partial charge in [0, 0.05) is 101 Å². The van der Waals surface area contributed by atoms with Crippen molar-refractivity contribution < 1.29 is 72.4 Å². The number of nitrogens with zero attached hydrogens (tertiary/aromatic N) is 1. The van der Waals surface area contributed by atoms with Crippen LogP contribution in [0.2, 0.25) is 0 Å². The molecule has 0 saturated carbocycles. The first-order valence-corrected chi connectivity index (χ1v) is 31.3. The minimum absolute atomic E-state index is 0.000776. The van der Waals surface area contributed by atoms with Crippen LogP contribution in [-0.2, 0) is 65.4 Å². The highest BCUT2D eigenvalue weighted by molar-refractivity contribution is 6.08. The maximum absolute atomic E-state index is 14.1. The molecule has 0 radical (unpaired) electrons. The van der Waals surface area contributed by atoms with Crippen LogP contribution in [0.15, 0.2) is 96.1 Å². The van der Waals surface area contributed by atoms with Gasteiger partial charge in [0.1, 0.15) is 35.5 Å². The molecule has 88 heavy (non-hydrogen) atoms. The number of Topliss-reactive ketones (excluding diaryl/α,β-unsaturated/α-hetero) is 5. The number of benzene rings is 3. The van der Waals surface area contributed by atoms with Gasteiger partial charge in [-0.1, -0.05) is 81.7 Å². The van der Waals surface area contributed by atoms with E-state index < -0.39 is 41.6 Å². The molecular formula is C69H88N4O15. The maximum Gasteiger partial charge on any atom is 0.336 e. The number of rotatable bonds is 42. The Hall–Kier alpha value is -7.58. The Balaban J connectivity index is 0.953. The van der Waals surface area contributed by atoms with E-state index in [2.05, 4.69) is 10.6 Å². The molecule has 0 aromatic heterocycles. The summed E-state index contributed by atoms with van der Waals surface area (Å²) < 4.78 is 16.7. The lowest BCUT2D eigenvalue weighted by atomic mass is 9.76. The summed E-state index contributed by atoms with van der Waals surface area (Å²) in [6.45, 7) is 6.36. The molecule has 2 aliphatic carbocycles. The number of phenolic OH excluding ortho intramolecular Hbond substituents is 1. The number of hydrogen-bond donors (Lipinski definition) is 5. The fourth-order valence-electron chi connectivity index (χ4n) is 11.6. The van der Waals surface area contributed by atoms with Crippen molar-refractivity contribution in [3.63, 3.8) is 0 Å². The van der Waals surface area contributed by atoms with Crippen molar-refractivity contribution in [2.45, 2.75) is 142 Å². The first-order valence-electron chi connectivity index (χ1n) is 31.3. The molecule has 0 bridgehead atoms. The highest BCUT2D eigenvalue weighted by Crippen LogP contribution is 2.43. The summed E-state index contributed by atoms with van der Waals surface area (Å²) in [5.74, 6) is -5.72. The number of ketones is 6. The molecule has 1 heterocycles. The average Bonchev–Trinajstić information content (AvgIpc) is 3.68. The molecule has 3 aromatic rings. The topological polar surface area (TPSA) is 292 Å². The third-order valence-electron chi connectivity index (χ3n) is 16.3. The maximum atomic E-state index is 14.1. The quantitative estimate of drug-likeness (QED) is 0.0334. The Bertz CT molecular complexity index is 3040. The van der Waals surface area contributed by atoms with Crippen molar-refractivity contribution in [1.82, 2.24) is 15.5 Å². The van der Waals surface area contributed by atoms with Crippen LogP contribution in [0.25, 0.3) is 5.57 Å². The van der Waals surface area contributed by atoms with Crippen LogP contribution in [0.5, 0.6) is 5.75 Å². The number of allylic oxidation sites excluding steroid dienone is 5. The number of amides is 3. The lowest BCUT2D eigenvalue weighted by molar-refractivity contribution is -0.142. The predicted octanol–water partition coefficient (Wildman–Crippen LogP) is 8.19. The van der Waals surface area contributed by atoms with Crippen LogP contribution in [0, 0.1) is 17.8 Å². The van der Waals surface area contributed by atoms with E-state index in [1.54, 1.807) is 24.3 Å². The van der Waals surface area contributed by atoms with Crippen LogP contribution in [0.3, 0.4) is 0 Å². The van der Waals surface area contributed by atoms with E-state index >= 15 is 0 Å². The average molecular weight is 1210 g/mol. The summed E-state index contributed by atoms with van der Waals surface area (Å²) >= 11 is 0. The molecular weight excluding hydrogens is 1120 g/mol. The number of fused-ring (bicyclic) bond motifs is 2. The number of aromatic hydroxyl groups is 1. The van der Waals surface area contributed by atoms with E-state index in [1.165, 1.54) is 35.3 Å². The fourth-order valence-corrected chi connectivity index (χ4v) is 11.6. The molecule has 6 N–H and O–H groups in total. The number of carboxylic acid groups (broad SMARTS) is 1. The second kappa shape index (κ2) is 36.7. The monoisotopic (exact) mass is 1210 g/mol. The number of ether oxygens (including phenoxy) is 3. The van der Waals surface area contributed by atoms with Gasteiger partial charge in [-0.2, -0.15) is 0 Å². The Morgan fingerprint density at radius 1 is 0.693 bits per heavy atom. The second-order valence-corrected chi connectivity index (χ2v) is 23.0. The highest BCUT2D eigenvalue weighted by atomic mass is 16.5. The van der Waals surface area contributed by atoms with Gasteiger partial charge < -0.3 is 45.7 Å². The Morgan fingerprint density at radius 2 is 1.42 bits per heavy atom. The van der Waals surface area contributed by atoms with Crippen molar-refractivity contribution >= 4 is 64.0 Å². The Labute approximate surface area is 516 Å². The van der Waals surface area contributed by atoms with Crippen LogP contribution < -0.4 is 16.4 Å². The second-order valence-electron chi connectivity index (χ2n) is 23.0. The molecule has 3 aliphatic rings. The van der Waals surface area contributed by atoms with E-state index in [4.69, 9.17) is 19.9 Å². The summed E-state index contributed by atoms with van der Waals surface area (Å²) in [6.07, 6.45) is 11.0. The van der Waals surface area contributed by atoms with Crippen molar-refractivity contribution in [3.8, 4) is 5.75 Å². The molecule has 3 amide bonds. The number of carboxylic acids is 1. The fraction of sp³-hybridized carbons (Fsp3) is 0.507. The smallest absolute Gasteiger partial charge is 0.336 e. The van der Waals surface area contributed by atoms with Crippen molar-refractivity contribution in [3.05, 3.63) is 129 Å². The van der Waals surface area contributed by atoms with E-state index in [-0.39, 0.29) is 142 Å². The van der Waals surface area contributed by atoms with Crippen molar-refractivity contribution in [2.24, 2.45) is 23.5 Å². The zero-order chi connectivity index (χ0) is 63.4. The van der Waals surface area contributed by atoms with Gasteiger partial charge in [-0.05, 0) is 140 Å². The number of nitrogens with two attached hydrogens (primary N) is 1. The van der Waals surface area contributed by atoms with Gasteiger partial charge in [0.25, 0.3) is 5.91 Å². The van der Waals surface area contributed by atoms with E-state index in [9.17, 15) is 58.2 Å². The van der Waals surface area contributed by atoms with Crippen molar-refractivity contribution in [1.29, 1.82) is 0 Å². The molecule has 4 atom stereocenters. The number of carbonyl (C=O) groups excluding carboxylic acids is 9. The molecule has 474 valence electrons. The highest BCUT2D eigenvalue weighted by Gasteiger charge is 2.37. The molecule has 19 heteroatoms. The number of aromatic carboxylic acids is 1. The summed E-state index contributed by atoms with van der Waals surface area (Å²) in [6, 6.07) is 17.7. The van der Waals surface area contributed by atoms with Crippen molar-refractivity contribution in [2.75, 3.05) is 65.8 Å². The summed E-state index contributed by atoms with van der Waals surface area (Å²) in [4.78, 5) is 135. The standard InChI is InChI=1S/C69H88N4O15/c1-3-5-15-47(63(79)43-48(16-9-10-28-70)61(77)26-27-65(81)71-29-12-33-86-32-4-2)39-55(76)21-25-62(78)52(37-46-13-7-6-8-14-46)44-64(80)60-17-11-31-73(60)66(82)45-88-36-35-87-34-30-72-68(83)49-18-22-58(59(42-49)69(84)85)67-56-23-19-53(74)40-50(56)38-51-41-54(75)20-24-57(51)67/h6-8,13-14,18-20,22-24,40-42,47-48,52,60,74H,3-5,9-12,15-17,21,25-39,43-45,70H2,1-2H3,(H,71,81)(H,72,83)(H,84,85). The molecule has 1 saturated heterocycles. The van der Waals surface area contributed by atoms with E-state index in [0.29, 0.717) is 118 Å². The zero-order valence-corrected chi connectivity index (χ0v) is 51.1. The third-order valence-corrected chi connectivity index (χ3v) is 16.3. The zero-order valence-electron chi connectivity index (χ0n) is 51.1. The van der Waals surface area contributed by atoms with Crippen LogP contribution in [0.1, 0.15) is 166 Å². The van der Waals surface area contributed by atoms with E-state index in [1.807, 2.05) is 44.2 Å². The van der Waals surface area contributed by atoms with Gasteiger partial charge >= 0.3 is 5.97 Å². The molecule has 1 fully saturated rings. The number of nitrogens with one attached hydrogen (secondary N) is 2. The Kier molecular flexibility index (Phi) is 29.0. The van der Waals surface area contributed by atoms with E-state index in [0.717, 1.165) is 24.0 Å². The molecule has 4 unspecified atom stereocenters.